The molecule has 8 heteroatoms. The number of carboxylic acids is 1. The minimum Gasteiger partial charge on any atom is -0.491 e. The molecule has 2 rings (SSSR count). The van der Waals surface area contributed by atoms with E-state index in [2.05, 4.69) is 15.3 Å². The van der Waals surface area contributed by atoms with Crippen LogP contribution in [-0.4, -0.2) is 44.3 Å². The van der Waals surface area contributed by atoms with Crippen LogP contribution in [0.15, 0.2) is 36.7 Å². The number of benzene rings is 1. The Balaban J connectivity index is 1.97. The number of anilines is 1. The van der Waals surface area contributed by atoms with Gasteiger partial charge in [-0.25, -0.2) is 14.8 Å². The Morgan fingerprint density at radius 1 is 1.12 bits per heavy atom. The highest BCUT2D eigenvalue weighted by Gasteiger charge is 2.14. The first-order valence-corrected chi connectivity index (χ1v) is 7.06. The maximum absolute atomic E-state index is 12.0. The van der Waals surface area contributed by atoms with Gasteiger partial charge in [0.2, 0.25) is 0 Å². The van der Waals surface area contributed by atoms with Crippen molar-refractivity contribution in [1.29, 1.82) is 0 Å². The maximum atomic E-state index is 12.0. The Bertz CT molecular complexity index is 721. The summed E-state index contributed by atoms with van der Waals surface area (Å²) in [7, 11) is 0. The third-order valence-corrected chi connectivity index (χ3v) is 2.81. The van der Waals surface area contributed by atoms with Gasteiger partial charge in [-0.05, 0) is 38.1 Å². The Morgan fingerprint density at radius 3 is 2.21 bits per heavy atom. The second-order valence-corrected chi connectivity index (χ2v) is 5.67. The molecule has 0 bridgehead atoms. The molecular weight excluding hydrogens is 314 g/mol. The van der Waals surface area contributed by atoms with Gasteiger partial charge in [0.15, 0.2) is 5.69 Å². The Kier molecular flexibility index (Phi) is 5.10. The quantitative estimate of drug-likeness (QED) is 0.734. The molecule has 0 unspecified atom stereocenters. The number of rotatable bonds is 6. The molecule has 0 aliphatic heterocycles. The Hall–Kier alpha value is -3.00. The van der Waals surface area contributed by atoms with Gasteiger partial charge in [-0.15, -0.1) is 0 Å². The maximum Gasteiger partial charge on any atom is 0.356 e. The topological polar surface area (TPSA) is 122 Å². The number of nitrogens with zero attached hydrogens (tertiary/aromatic N) is 2. The molecule has 0 spiro atoms. The molecule has 2 aromatic rings. The van der Waals surface area contributed by atoms with Crippen molar-refractivity contribution in [2.45, 2.75) is 19.4 Å². The summed E-state index contributed by atoms with van der Waals surface area (Å²) in [6.45, 7) is 3.42. The molecule has 126 valence electrons. The average Bonchev–Trinajstić information content (AvgIpc) is 2.53. The molecule has 1 aromatic heterocycles. The molecule has 0 fully saturated rings. The van der Waals surface area contributed by atoms with Gasteiger partial charge in [0, 0.05) is 5.69 Å². The van der Waals surface area contributed by atoms with Gasteiger partial charge < -0.3 is 20.3 Å². The van der Waals surface area contributed by atoms with Crippen LogP contribution >= 0.6 is 0 Å². The number of aromatic carboxylic acids is 1. The van der Waals surface area contributed by atoms with Crippen molar-refractivity contribution in [2.75, 3.05) is 11.9 Å². The van der Waals surface area contributed by atoms with Gasteiger partial charge in [-0.3, -0.25) is 4.79 Å². The SMILES string of the molecule is CC(C)(O)COc1ccc(NC(=O)c2cnc(C(=O)O)cn2)cc1. The number of hydrogen-bond acceptors (Lipinski definition) is 6. The van der Waals surface area contributed by atoms with Gasteiger partial charge in [-0.2, -0.15) is 0 Å². The molecule has 1 aromatic carbocycles. The van der Waals surface area contributed by atoms with Crippen LogP contribution in [0.5, 0.6) is 5.75 Å². The number of carboxylic acid groups (broad SMARTS) is 1. The summed E-state index contributed by atoms with van der Waals surface area (Å²) in [6.07, 6.45) is 2.12. The molecular formula is C16H17N3O5. The van der Waals surface area contributed by atoms with E-state index in [1.807, 2.05) is 0 Å². The molecule has 0 saturated heterocycles. The third-order valence-electron chi connectivity index (χ3n) is 2.81. The van der Waals surface area contributed by atoms with Gasteiger partial charge in [0.05, 0.1) is 18.0 Å². The van der Waals surface area contributed by atoms with E-state index in [0.717, 1.165) is 12.4 Å². The summed E-state index contributed by atoms with van der Waals surface area (Å²) < 4.78 is 5.41. The zero-order valence-electron chi connectivity index (χ0n) is 13.2. The van der Waals surface area contributed by atoms with Crippen LogP contribution in [-0.2, 0) is 0 Å². The summed E-state index contributed by atoms with van der Waals surface area (Å²) in [6, 6.07) is 6.58. The van der Waals surface area contributed by atoms with Crippen molar-refractivity contribution >= 4 is 17.6 Å². The first kappa shape index (κ1) is 17.4. The first-order chi connectivity index (χ1) is 11.2. The van der Waals surface area contributed by atoms with E-state index < -0.39 is 17.5 Å². The van der Waals surface area contributed by atoms with Crippen molar-refractivity contribution in [3.05, 3.63) is 48.0 Å². The largest absolute Gasteiger partial charge is 0.491 e. The molecule has 0 radical (unpaired) electrons. The smallest absolute Gasteiger partial charge is 0.356 e. The predicted molar refractivity (Wildman–Crippen MR) is 85.2 cm³/mol. The standard InChI is InChI=1S/C16H17N3O5/c1-16(2,23)9-24-11-5-3-10(4-6-11)19-14(20)12-7-18-13(8-17-12)15(21)22/h3-8,23H,9H2,1-2H3,(H,19,20)(H,21,22). The minimum absolute atomic E-state index is 0.00218. The van der Waals surface area contributed by atoms with Crippen molar-refractivity contribution in [3.63, 3.8) is 0 Å². The minimum atomic E-state index is -1.21. The number of carbonyl (C=O) groups excluding carboxylic acids is 1. The van der Waals surface area contributed by atoms with E-state index in [4.69, 9.17) is 9.84 Å². The number of ether oxygens (including phenoxy) is 1. The lowest BCUT2D eigenvalue weighted by Gasteiger charge is -2.17. The van der Waals surface area contributed by atoms with E-state index in [9.17, 15) is 14.7 Å². The van der Waals surface area contributed by atoms with E-state index >= 15 is 0 Å². The molecule has 3 N–H and O–H groups in total. The molecule has 0 atom stereocenters. The number of amides is 1. The first-order valence-electron chi connectivity index (χ1n) is 7.06. The van der Waals surface area contributed by atoms with Crippen molar-refractivity contribution in [2.24, 2.45) is 0 Å². The number of aromatic nitrogens is 2. The van der Waals surface area contributed by atoms with E-state index in [-0.39, 0.29) is 18.0 Å². The summed E-state index contributed by atoms with van der Waals surface area (Å²) in [5, 5.41) is 21.0. The van der Waals surface area contributed by atoms with Crippen LogP contribution in [0, 0.1) is 0 Å². The van der Waals surface area contributed by atoms with Crippen LogP contribution in [0.25, 0.3) is 0 Å². The highest BCUT2D eigenvalue weighted by molar-refractivity contribution is 6.02. The van der Waals surface area contributed by atoms with Gasteiger partial charge in [0.1, 0.15) is 18.1 Å². The molecule has 8 nitrogen and oxygen atoms in total. The van der Waals surface area contributed by atoms with E-state index in [0.29, 0.717) is 11.4 Å². The number of nitrogens with one attached hydrogen (secondary N) is 1. The summed E-state index contributed by atoms with van der Waals surface area (Å²) in [5.74, 6) is -1.17. The summed E-state index contributed by atoms with van der Waals surface area (Å²) in [4.78, 5) is 30.1. The molecule has 1 amide bonds. The van der Waals surface area contributed by atoms with Crippen LogP contribution in [0.2, 0.25) is 0 Å². The Labute approximate surface area is 138 Å². The van der Waals surface area contributed by atoms with Crippen LogP contribution < -0.4 is 10.1 Å². The molecule has 0 aliphatic rings. The zero-order chi connectivity index (χ0) is 17.7. The molecule has 24 heavy (non-hydrogen) atoms. The van der Waals surface area contributed by atoms with Gasteiger partial charge >= 0.3 is 5.97 Å². The van der Waals surface area contributed by atoms with Crippen LogP contribution in [0.4, 0.5) is 5.69 Å². The highest BCUT2D eigenvalue weighted by Crippen LogP contribution is 2.17. The normalized spacial score (nSPS) is 11.0. The monoisotopic (exact) mass is 331 g/mol. The fourth-order valence-electron chi connectivity index (χ4n) is 1.65. The van der Waals surface area contributed by atoms with Gasteiger partial charge in [-0.1, -0.05) is 0 Å². The zero-order valence-corrected chi connectivity index (χ0v) is 13.2. The van der Waals surface area contributed by atoms with E-state index in [1.54, 1.807) is 38.1 Å². The van der Waals surface area contributed by atoms with E-state index in [1.165, 1.54) is 0 Å². The second-order valence-electron chi connectivity index (χ2n) is 5.67. The highest BCUT2D eigenvalue weighted by atomic mass is 16.5. The van der Waals surface area contributed by atoms with Gasteiger partial charge in [0.25, 0.3) is 5.91 Å². The predicted octanol–water partition coefficient (Wildman–Crippen LogP) is 1.58. The summed E-state index contributed by atoms with van der Waals surface area (Å²) in [5.41, 5.74) is -0.657. The summed E-state index contributed by atoms with van der Waals surface area (Å²) >= 11 is 0. The number of aliphatic hydroxyl groups is 1. The number of carbonyl (C=O) groups is 2. The fourth-order valence-corrected chi connectivity index (χ4v) is 1.65. The Morgan fingerprint density at radius 2 is 1.71 bits per heavy atom. The fraction of sp³-hybridized carbons (Fsp3) is 0.250. The number of hydrogen-bond donors (Lipinski definition) is 3. The lowest BCUT2D eigenvalue weighted by molar-refractivity contribution is 0.0285. The molecule has 0 saturated carbocycles. The van der Waals surface area contributed by atoms with Crippen molar-refractivity contribution in [3.8, 4) is 5.75 Å². The van der Waals surface area contributed by atoms with Crippen LogP contribution in [0.1, 0.15) is 34.8 Å². The lowest BCUT2D eigenvalue weighted by Crippen LogP contribution is -2.27. The second kappa shape index (κ2) is 7.05. The molecule has 0 aliphatic carbocycles. The molecule has 1 heterocycles. The van der Waals surface area contributed by atoms with Crippen molar-refractivity contribution in [1.82, 2.24) is 9.97 Å². The lowest BCUT2D eigenvalue weighted by atomic mass is 10.2. The van der Waals surface area contributed by atoms with Crippen LogP contribution in [0.3, 0.4) is 0 Å². The third kappa shape index (κ3) is 5.03. The average molecular weight is 331 g/mol. The van der Waals surface area contributed by atoms with Crippen molar-refractivity contribution < 1.29 is 24.5 Å².